The van der Waals surface area contributed by atoms with Crippen LogP contribution in [0.5, 0.6) is 0 Å². The van der Waals surface area contributed by atoms with E-state index in [0.29, 0.717) is 19.4 Å². The summed E-state index contributed by atoms with van der Waals surface area (Å²) in [6.45, 7) is 4.69. The van der Waals surface area contributed by atoms with Gasteiger partial charge in [-0.1, -0.05) is 24.3 Å². The molecule has 0 saturated carbocycles. The Morgan fingerprint density at radius 3 is 2.62 bits per heavy atom. The van der Waals surface area contributed by atoms with Gasteiger partial charge < -0.3 is 5.32 Å². The maximum atomic E-state index is 12.6. The summed E-state index contributed by atoms with van der Waals surface area (Å²) in [5.41, 5.74) is 2.21. The third-order valence-corrected chi connectivity index (χ3v) is 6.46. The number of aryl methyl sites for hydroxylation is 1. The first-order valence-corrected chi connectivity index (χ1v) is 9.66. The quantitative estimate of drug-likeness (QED) is 0.876. The number of hydrogen-bond donors (Lipinski definition) is 1. The van der Waals surface area contributed by atoms with E-state index in [-0.39, 0.29) is 24.4 Å². The molecule has 1 amide bonds. The van der Waals surface area contributed by atoms with E-state index >= 15 is 0 Å². The second kappa shape index (κ2) is 7.63. The number of amides is 1. The summed E-state index contributed by atoms with van der Waals surface area (Å²) in [6, 6.07) is 7.85. The smallest absolute Gasteiger partial charge is 0.281 e. The molecule has 1 N–H and O–H groups in total. The maximum Gasteiger partial charge on any atom is 0.281 e. The first kappa shape index (κ1) is 18.9. The van der Waals surface area contributed by atoms with E-state index in [1.165, 1.54) is 22.7 Å². The molecule has 1 aliphatic rings. The van der Waals surface area contributed by atoms with Crippen molar-refractivity contribution in [3.8, 4) is 0 Å². The van der Waals surface area contributed by atoms with Crippen molar-refractivity contribution in [3.05, 3.63) is 35.4 Å². The molecular formula is C17H27N3O3S. The Morgan fingerprint density at radius 2 is 2.00 bits per heavy atom. The molecule has 2 rings (SSSR count). The Balaban J connectivity index is 2.03. The zero-order valence-electron chi connectivity index (χ0n) is 14.8. The van der Waals surface area contributed by atoms with Gasteiger partial charge in [0.25, 0.3) is 10.2 Å². The van der Waals surface area contributed by atoms with Crippen LogP contribution in [0.1, 0.15) is 36.9 Å². The zero-order valence-corrected chi connectivity index (χ0v) is 15.6. The summed E-state index contributed by atoms with van der Waals surface area (Å²) in [7, 11) is -0.441. The molecule has 1 aromatic rings. The second-order valence-electron chi connectivity index (χ2n) is 6.57. The van der Waals surface area contributed by atoms with Gasteiger partial charge in [0, 0.05) is 27.2 Å². The molecule has 0 radical (unpaired) electrons. The van der Waals surface area contributed by atoms with Crippen molar-refractivity contribution in [3.63, 3.8) is 0 Å². The highest BCUT2D eigenvalue weighted by atomic mass is 32.2. The van der Waals surface area contributed by atoms with Crippen molar-refractivity contribution in [1.29, 1.82) is 0 Å². The third kappa shape index (κ3) is 4.15. The minimum Gasteiger partial charge on any atom is -0.349 e. The van der Waals surface area contributed by atoms with Gasteiger partial charge in [-0.2, -0.15) is 17.0 Å². The summed E-state index contributed by atoms with van der Waals surface area (Å²) >= 11 is 0. The van der Waals surface area contributed by atoms with Gasteiger partial charge in [0.15, 0.2) is 0 Å². The van der Waals surface area contributed by atoms with Crippen molar-refractivity contribution < 1.29 is 13.2 Å². The molecule has 7 heteroatoms. The van der Waals surface area contributed by atoms with Gasteiger partial charge in [0.1, 0.15) is 0 Å². The Bertz CT molecular complexity index is 688. The number of carbonyl (C=O) groups is 1. The number of rotatable bonds is 5. The topological polar surface area (TPSA) is 69.7 Å². The molecule has 0 aliphatic carbocycles. The lowest BCUT2D eigenvalue weighted by Gasteiger charge is -2.33. The fraction of sp³-hybridized carbons (Fsp3) is 0.588. The zero-order chi connectivity index (χ0) is 17.9. The van der Waals surface area contributed by atoms with E-state index in [2.05, 4.69) is 5.32 Å². The Labute approximate surface area is 145 Å². The Kier molecular flexibility index (Phi) is 6.01. The monoisotopic (exact) mass is 353 g/mol. The Morgan fingerprint density at radius 1 is 1.33 bits per heavy atom. The van der Waals surface area contributed by atoms with Crippen LogP contribution < -0.4 is 5.32 Å². The first-order valence-electron chi connectivity index (χ1n) is 8.27. The van der Waals surface area contributed by atoms with Crippen LogP contribution in [0.2, 0.25) is 0 Å². The first-order chi connectivity index (χ1) is 11.2. The predicted molar refractivity (Wildman–Crippen MR) is 94.6 cm³/mol. The lowest BCUT2D eigenvalue weighted by Crippen LogP contribution is -2.49. The number of nitrogens with zero attached hydrogens (tertiary/aromatic N) is 2. The number of carbonyl (C=O) groups excluding carboxylic acids is 1. The molecule has 24 heavy (non-hydrogen) atoms. The summed E-state index contributed by atoms with van der Waals surface area (Å²) in [5, 5.41) is 3.03. The van der Waals surface area contributed by atoms with E-state index in [0.717, 1.165) is 11.1 Å². The molecule has 1 aliphatic heterocycles. The molecule has 2 atom stereocenters. The molecule has 1 aromatic carbocycles. The van der Waals surface area contributed by atoms with Gasteiger partial charge in [0.05, 0.1) is 12.0 Å². The lowest BCUT2D eigenvalue weighted by molar-refractivity contribution is -0.126. The molecule has 6 nitrogen and oxygen atoms in total. The maximum absolute atomic E-state index is 12.6. The van der Waals surface area contributed by atoms with Crippen molar-refractivity contribution in [2.75, 3.05) is 27.2 Å². The highest BCUT2D eigenvalue weighted by molar-refractivity contribution is 7.86. The van der Waals surface area contributed by atoms with Crippen LogP contribution in [0.15, 0.2) is 24.3 Å². The van der Waals surface area contributed by atoms with Crippen LogP contribution in [0.4, 0.5) is 0 Å². The van der Waals surface area contributed by atoms with E-state index in [4.69, 9.17) is 0 Å². The molecular weight excluding hydrogens is 326 g/mol. The van der Waals surface area contributed by atoms with Crippen molar-refractivity contribution in [1.82, 2.24) is 13.9 Å². The van der Waals surface area contributed by atoms with Crippen LogP contribution in [0.25, 0.3) is 0 Å². The van der Waals surface area contributed by atoms with Crippen LogP contribution in [-0.2, 0) is 15.0 Å². The average molecular weight is 353 g/mol. The highest BCUT2D eigenvalue weighted by Gasteiger charge is 2.33. The molecule has 134 valence electrons. The SMILES string of the molecule is Cc1ccccc1[C@H](C)NC(=O)[C@H]1CCCN(S(=O)(=O)N(C)C)C1. The van der Waals surface area contributed by atoms with Gasteiger partial charge in [-0.25, -0.2) is 0 Å². The predicted octanol–water partition coefficient (Wildman–Crippen LogP) is 1.69. The summed E-state index contributed by atoms with van der Waals surface area (Å²) in [4.78, 5) is 12.6. The average Bonchev–Trinajstić information content (AvgIpc) is 2.55. The van der Waals surface area contributed by atoms with E-state index in [1.54, 1.807) is 0 Å². The van der Waals surface area contributed by atoms with Crippen LogP contribution >= 0.6 is 0 Å². The van der Waals surface area contributed by atoms with E-state index < -0.39 is 10.2 Å². The van der Waals surface area contributed by atoms with Crippen molar-refractivity contribution >= 4 is 16.1 Å². The molecule has 0 bridgehead atoms. The Hall–Kier alpha value is -1.44. The number of piperidine rings is 1. The van der Waals surface area contributed by atoms with Gasteiger partial charge in [-0.15, -0.1) is 0 Å². The minimum absolute atomic E-state index is 0.0793. The standard InChI is InChI=1S/C17H27N3O3S/c1-13-8-5-6-10-16(13)14(2)18-17(21)15-9-7-11-20(12-15)24(22,23)19(3)4/h5-6,8,10,14-15H,7,9,11-12H2,1-4H3,(H,18,21)/t14-,15-/m0/s1. The summed E-state index contributed by atoms with van der Waals surface area (Å²) < 4.78 is 27.1. The molecule has 0 spiro atoms. The molecule has 1 heterocycles. The van der Waals surface area contributed by atoms with Gasteiger partial charge in [-0.05, 0) is 37.8 Å². The van der Waals surface area contributed by atoms with Crippen molar-refractivity contribution in [2.45, 2.75) is 32.7 Å². The molecule has 0 unspecified atom stereocenters. The van der Waals surface area contributed by atoms with Crippen LogP contribution in [0.3, 0.4) is 0 Å². The van der Waals surface area contributed by atoms with Gasteiger partial charge in [-0.3, -0.25) is 4.79 Å². The second-order valence-corrected chi connectivity index (χ2v) is 8.72. The van der Waals surface area contributed by atoms with Crippen LogP contribution in [0, 0.1) is 12.8 Å². The third-order valence-electron chi connectivity index (χ3n) is 4.56. The summed E-state index contributed by atoms with van der Waals surface area (Å²) in [6.07, 6.45) is 1.41. The largest absolute Gasteiger partial charge is 0.349 e. The van der Waals surface area contributed by atoms with Crippen molar-refractivity contribution in [2.24, 2.45) is 5.92 Å². The lowest BCUT2D eigenvalue weighted by atomic mass is 9.97. The fourth-order valence-corrected chi connectivity index (χ4v) is 4.27. The van der Waals surface area contributed by atoms with Gasteiger partial charge in [0.2, 0.25) is 5.91 Å². The minimum atomic E-state index is -3.47. The fourth-order valence-electron chi connectivity index (χ4n) is 3.08. The molecule has 1 fully saturated rings. The molecule has 0 aromatic heterocycles. The number of benzene rings is 1. The number of hydrogen-bond acceptors (Lipinski definition) is 3. The highest BCUT2D eigenvalue weighted by Crippen LogP contribution is 2.22. The van der Waals surface area contributed by atoms with Crippen LogP contribution in [-0.4, -0.2) is 50.1 Å². The summed E-state index contributed by atoms with van der Waals surface area (Å²) in [5.74, 6) is -0.385. The van der Waals surface area contributed by atoms with Gasteiger partial charge >= 0.3 is 0 Å². The van der Waals surface area contributed by atoms with E-state index in [9.17, 15) is 13.2 Å². The number of nitrogens with one attached hydrogen (secondary N) is 1. The van der Waals surface area contributed by atoms with E-state index in [1.807, 2.05) is 38.1 Å². The molecule has 1 saturated heterocycles. The normalized spacial score (nSPS) is 20.8.